The summed E-state index contributed by atoms with van der Waals surface area (Å²) in [4.78, 5) is 50.6. The molecule has 0 aliphatic carbocycles. The number of hydrogen-bond acceptors (Lipinski definition) is 6. The van der Waals surface area contributed by atoms with E-state index < -0.39 is 30.3 Å². The number of benzene rings is 2. The van der Waals surface area contributed by atoms with Crippen molar-refractivity contribution in [3.8, 4) is 0 Å². The molecule has 0 saturated carbocycles. The van der Waals surface area contributed by atoms with E-state index in [1.54, 1.807) is 13.2 Å². The fourth-order valence-electron chi connectivity index (χ4n) is 3.28. The van der Waals surface area contributed by atoms with Gasteiger partial charge in [0.25, 0.3) is 17.7 Å². The van der Waals surface area contributed by atoms with Crippen molar-refractivity contribution < 1.29 is 28.7 Å². The van der Waals surface area contributed by atoms with Gasteiger partial charge in [0.2, 0.25) is 0 Å². The third kappa shape index (κ3) is 4.80. The van der Waals surface area contributed by atoms with Gasteiger partial charge in [0, 0.05) is 25.9 Å². The normalized spacial score (nSPS) is 12.7. The topological polar surface area (TPSA) is 102 Å². The van der Waals surface area contributed by atoms with Gasteiger partial charge in [0.05, 0.1) is 16.7 Å². The molecule has 0 spiro atoms. The number of amides is 3. The molecule has 0 radical (unpaired) electrons. The number of esters is 1. The Balaban J connectivity index is 1.62. The summed E-state index contributed by atoms with van der Waals surface area (Å²) in [6, 6.07) is 9.70. The molecule has 1 heterocycles. The van der Waals surface area contributed by atoms with Crippen LogP contribution in [-0.4, -0.2) is 55.5 Å². The molecule has 3 amide bonds. The van der Waals surface area contributed by atoms with E-state index >= 15 is 0 Å². The molecule has 0 aromatic heterocycles. The number of ether oxygens (including phenoxy) is 2. The van der Waals surface area contributed by atoms with Gasteiger partial charge in [0.1, 0.15) is 0 Å². The average Bonchev–Trinajstić information content (AvgIpc) is 2.99. The first-order chi connectivity index (χ1) is 14.8. The monoisotopic (exact) mass is 424 g/mol. The molecule has 8 nitrogen and oxygen atoms in total. The summed E-state index contributed by atoms with van der Waals surface area (Å²) in [5, 5.41) is 2.71. The first kappa shape index (κ1) is 22.2. The van der Waals surface area contributed by atoms with Crippen molar-refractivity contribution >= 4 is 29.4 Å². The van der Waals surface area contributed by atoms with E-state index in [-0.39, 0.29) is 23.2 Å². The lowest BCUT2D eigenvalue weighted by Gasteiger charge is -2.12. The van der Waals surface area contributed by atoms with Crippen molar-refractivity contribution in [3.63, 3.8) is 0 Å². The Morgan fingerprint density at radius 2 is 1.77 bits per heavy atom. The van der Waals surface area contributed by atoms with Crippen LogP contribution in [0.5, 0.6) is 0 Å². The highest BCUT2D eigenvalue weighted by Crippen LogP contribution is 2.24. The van der Waals surface area contributed by atoms with E-state index in [0.29, 0.717) is 18.7 Å². The highest BCUT2D eigenvalue weighted by atomic mass is 16.5. The molecule has 162 valence electrons. The number of carbonyl (C=O) groups excluding carboxylic acids is 4. The summed E-state index contributed by atoms with van der Waals surface area (Å²) in [7, 11) is 1.54. The minimum absolute atomic E-state index is 0.0955. The second-order valence-corrected chi connectivity index (χ2v) is 7.24. The zero-order valence-corrected chi connectivity index (χ0v) is 17.7. The van der Waals surface area contributed by atoms with E-state index in [4.69, 9.17) is 9.47 Å². The fourth-order valence-corrected chi connectivity index (χ4v) is 3.28. The van der Waals surface area contributed by atoms with Crippen molar-refractivity contribution in [3.05, 3.63) is 64.2 Å². The molecule has 1 aliphatic heterocycles. The molecular weight excluding hydrogens is 400 g/mol. The smallest absolute Gasteiger partial charge is 0.338 e. The van der Waals surface area contributed by atoms with E-state index in [9.17, 15) is 19.2 Å². The number of hydrogen-bond donors (Lipinski definition) is 1. The average molecular weight is 424 g/mol. The largest absolute Gasteiger partial charge is 0.452 e. The van der Waals surface area contributed by atoms with Crippen LogP contribution in [0.4, 0.5) is 5.69 Å². The Labute approximate surface area is 180 Å². The van der Waals surface area contributed by atoms with Gasteiger partial charge >= 0.3 is 5.97 Å². The standard InChI is InChI=1S/C23H24N2O6/c1-14-6-4-7-19(15(14)2)24-20(26)13-31-23(29)16-8-9-17-18(12-16)22(28)25(21(17)27)10-5-11-30-3/h4,6-9,12H,5,10-11,13H2,1-3H3,(H,24,26). The van der Waals surface area contributed by atoms with Crippen molar-refractivity contribution in [2.45, 2.75) is 20.3 Å². The van der Waals surface area contributed by atoms with Crippen LogP contribution in [0.25, 0.3) is 0 Å². The van der Waals surface area contributed by atoms with Crippen LogP contribution in [0.1, 0.15) is 48.6 Å². The van der Waals surface area contributed by atoms with Crippen LogP contribution < -0.4 is 5.32 Å². The summed E-state index contributed by atoms with van der Waals surface area (Å²) >= 11 is 0. The Morgan fingerprint density at radius 3 is 2.52 bits per heavy atom. The van der Waals surface area contributed by atoms with Crippen LogP contribution in [0, 0.1) is 13.8 Å². The Morgan fingerprint density at radius 1 is 1.03 bits per heavy atom. The van der Waals surface area contributed by atoms with Gasteiger partial charge in [-0.3, -0.25) is 19.3 Å². The second kappa shape index (κ2) is 9.53. The number of imide groups is 1. The van der Waals surface area contributed by atoms with E-state index in [1.165, 1.54) is 18.2 Å². The fraction of sp³-hybridized carbons (Fsp3) is 0.304. The zero-order valence-electron chi connectivity index (χ0n) is 17.7. The van der Waals surface area contributed by atoms with Gasteiger partial charge in [-0.05, 0) is 55.7 Å². The van der Waals surface area contributed by atoms with E-state index in [0.717, 1.165) is 16.0 Å². The molecule has 3 rings (SSSR count). The molecule has 0 saturated heterocycles. The summed E-state index contributed by atoms with van der Waals surface area (Å²) < 4.78 is 10.0. The highest BCUT2D eigenvalue weighted by molar-refractivity contribution is 6.22. The van der Waals surface area contributed by atoms with Gasteiger partial charge < -0.3 is 14.8 Å². The number of nitrogens with one attached hydrogen (secondary N) is 1. The van der Waals surface area contributed by atoms with Gasteiger partial charge in [-0.25, -0.2) is 4.79 Å². The van der Waals surface area contributed by atoms with Gasteiger partial charge in [-0.2, -0.15) is 0 Å². The maximum absolute atomic E-state index is 12.6. The number of nitrogens with zero attached hydrogens (tertiary/aromatic N) is 1. The molecule has 0 bridgehead atoms. The molecule has 1 aliphatic rings. The van der Waals surface area contributed by atoms with Crippen LogP contribution in [0.2, 0.25) is 0 Å². The molecule has 1 N–H and O–H groups in total. The number of fused-ring (bicyclic) bond motifs is 1. The Bertz CT molecular complexity index is 1050. The minimum Gasteiger partial charge on any atom is -0.452 e. The number of carbonyl (C=O) groups is 4. The lowest BCUT2D eigenvalue weighted by molar-refractivity contribution is -0.119. The summed E-state index contributed by atoms with van der Waals surface area (Å²) in [6.07, 6.45) is 0.520. The summed E-state index contributed by atoms with van der Waals surface area (Å²) in [5.74, 6) is -2.09. The first-order valence-electron chi connectivity index (χ1n) is 9.86. The van der Waals surface area contributed by atoms with Crippen molar-refractivity contribution in [1.29, 1.82) is 0 Å². The van der Waals surface area contributed by atoms with Crippen LogP contribution in [0.3, 0.4) is 0 Å². The maximum Gasteiger partial charge on any atom is 0.338 e. The second-order valence-electron chi connectivity index (χ2n) is 7.24. The molecular formula is C23H24N2O6. The van der Waals surface area contributed by atoms with Crippen molar-refractivity contribution in [2.24, 2.45) is 0 Å². The lowest BCUT2D eigenvalue weighted by Crippen LogP contribution is -2.31. The molecule has 8 heteroatoms. The first-order valence-corrected chi connectivity index (χ1v) is 9.86. The number of methoxy groups -OCH3 is 1. The lowest BCUT2D eigenvalue weighted by atomic mass is 10.1. The summed E-state index contributed by atoms with van der Waals surface area (Å²) in [6.45, 7) is 4.01. The van der Waals surface area contributed by atoms with E-state index in [2.05, 4.69) is 5.32 Å². The molecule has 0 fully saturated rings. The van der Waals surface area contributed by atoms with Crippen molar-refractivity contribution in [2.75, 3.05) is 32.2 Å². The summed E-state index contributed by atoms with van der Waals surface area (Å²) in [5.41, 5.74) is 3.10. The van der Waals surface area contributed by atoms with Crippen LogP contribution in [-0.2, 0) is 14.3 Å². The number of aryl methyl sites for hydroxylation is 1. The van der Waals surface area contributed by atoms with Crippen LogP contribution >= 0.6 is 0 Å². The minimum atomic E-state index is -0.753. The third-order valence-electron chi connectivity index (χ3n) is 5.15. The molecule has 2 aromatic carbocycles. The highest BCUT2D eigenvalue weighted by Gasteiger charge is 2.35. The molecule has 0 atom stereocenters. The molecule has 2 aromatic rings. The van der Waals surface area contributed by atoms with Gasteiger partial charge in [0.15, 0.2) is 6.61 Å². The predicted molar refractivity (Wildman–Crippen MR) is 113 cm³/mol. The van der Waals surface area contributed by atoms with Crippen LogP contribution in [0.15, 0.2) is 36.4 Å². The zero-order chi connectivity index (χ0) is 22.5. The number of anilines is 1. The Hall–Kier alpha value is -3.52. The quantitative estimate of drug-likeness (QED) is 0.397. The van der Waals surface area contributed by atoms with Crippen molar-refractivity contribution in [1.82, 2.24) is 4.90 Å². The third-order valence-corrected chi connectivity index (χ3v) is 5.15. The Kier molecular flexibility index (Phi) is 6.81. The number of rotatable bonds is 8. The molecule has 0 unspecified atom stereocenters. The van der Waals surface area contributed by atoms with Gasteiger partial charge in [-0.15, -0.1) is 0 Å². The van der Waals surface area contributed by atoms with Gasteiger partial charge in [-0.1, -0.05) is 12.1 Å². The van der Waals surface area contributed by atoms with E-state index in [1.807, 2.05) is 26.0 Å². The maximum atomic E-state index is 12.6. The predicted octanol–water partition coefficient (Wildman–Crippen LogP) is 2.73. The SMILES string of the molecule is COCCCN1C(=O)c2ccc(C(=O)OCC(=O)Nc3cccc(C)c3C)cc2C1=O. The molecule has 31 heavy (non-hydrogen) atoms.